The van der Waals surface area contributed by atoms with E-state index in [9.17, 15) is 9.59 Å². The first kappa shape index (κ1) is 15.8. The molecule has 2 heterocycles. The van der Waals surface area contributed by atoms with E-state index < -0.39 is 0 Å². The average molecular weight is 316 g/mol. The zero-order chi connectivity index (χ0) is 16.4. The van der Waals surface area contributed by atoms with Crippen LogP contribution in [0.2, 0.25) is 0 Å². The van der Waals surface area contributed by atoms with Crippen LogP contribution >= 0.6 is 0 Å². The Morgan fingerprint density at radius 3 is 2.83 bits per heavy atom. The lowest BCUT2D eigenvalue weighted by Gasteiger charge is -2.19. The van der Waals surface area contributed by atoms with E-state index in [0.29, 0.717) is 13.1 Å². The topological polar surface area (TPSA) is 74.3 Å². The summed E-state index contributed by atoms with van der Waals surface area (Å²) in [6, 6.07) is 3.92. The molecular formula is C17H24N4O2. The number of hydrogen-bond acceptors (Lipinski definition) is 3. The van der Waals surface area contributed by atoms with E-state index in [4.69, 9.17) is 0 Å². The highest BCUT2D eigenvalue weighted by Gasteiger charge is 2.61. The number of hydrogen-bond donors (Lipinski definition) is 2. The second-order valence-electron chi connectivity index (χ2n) is 6.97. The lowest BCUT2D eigenvalue weighted by molar-refractivity contribution is -0.123. The van der Waals surface area contributed by atoms with Gasteiger partial charge in [-0.25, -0.2) is 4.79 Å². The smallest absolute Gasteiger partial charge is 0.317 e. The van der Waals surface area contributed by atoms with Gasteiger partial charge >= 0.3 is 6.03 Å². The van der Waals surface area contributed by atoms with Crippen LogP contribution in [0.5, 0.6) is 0 Å². The molecule has 1 saturated carbocycles. The summed E-state index contributed by atoms with van der Waals surface area (Å²) in [6.07, 6.45) is 5.26. The molecule has 6 nitrogen and oxygen atoms in total. The third kappa shape index (κ3) is 3.46. The number of urea groups is 1. The summed E-state index contributed by atoms with van der Waals surface area (Å²) in [5, 5.41) is 5.92. The molecule has 1 aliphatic carbocycles. The van der Waals surface area contributed by atoms with Crippen LogP contribution in [0, 0.1) is 11.3 Å². The van der Waals surface area contributed by atoms with Gasteiger partial charge in [0.25, 0.3) is 0 Å². The van der Waals surface area contributed by atoms with Crippen molar-refractivity contribution in [3.8, 4) is 0 Å². The zero-order valence-electron chi connectivity index (χ0n) is 13.7. The Balaban J connectivity index is 1.49. The average Bonchev–Trinajstić information content (AvgIpc) is 3.05. The molecule has 2 aliphatic rings. The van der Waals surface area contributed by atoms with Gasteiger partial charge in [0.15, 0.2) is 0 Å². The maximum atomic E-state index is 12.3. The normalized spacial score (nSPS) is 25.7. The first-order valence-corrected chi connectivity index (χ1v) is 8.22. The first-order valence-electron chi connectivity index (χ1n) is 8.22. The predicted octanol–water partition coefficient (Wildman–Crippen LogP) is 1.53. The Labute approximate surface area is 136 Å². The molecule has 1 saturated heterocycles. The van der Waals surface area contributed by atoms with Gasteiger partial charge in [0, 0.05) is 49.4 Å². The number of nitrogens with zero attached hydrogens (tertiary/aromatic N) is 2. The van der Waals surface area contributed by atoms with Crippen LogP contribution in [-0.2, 0) is 11.3 Å². The number of rotatable bonds is 4. The van der Waals surface area contributed by atoms with E-state index in [1.807, 2.05) is 30.9 Å². The molecule has 2 unspecified atom stereocenters. The Morgan fingerprint density at radius 2 is 2.13 bits per heavy atom. The second kappa shape index (κ2) is 6.18. The van der Waals surface area contributed by atoms with Crippen LogP contribution in [0.4, 0.5) is 4.79 Å². The van der Waals surface area contributed by atoms with E-state index in [1.54, 1.807) is 12.4 Å². The summed E-state index contributed by atoms with van der Waals surface area (Å²) in [7, 11) is 0. The minimum absolute atomic E-state index is 0.0106. The molecule has 2 fully saturated rings. The maximum Gasteiger partial charge on any atom is 0.317 e. The molecule has 23 heavy (non-hydrogen) atoms. The molecule has 3 rings (SSSR count). The Kier molecular flexibility index (Phi) is 4.24. The van der Waals surface area contributed by atoms with Gasteiger partial charge in [-0.1, -0.05) is 0 Å². The van der Waals surface area contributed by atoms with Crippen molar-refractivity contribution in [1.29, 1.82) is 0 Å². The van der Waals surface area contributed by atoms with Crippen LogP contribution in [0.25, 0.3) is 0 Å². The van der Waals surface area contributed by atoms with Crippen LogP contribution in [0.1, 0.15) is 32.3 Å². The molecule has 1 spiro atoms. The fourth-order valence-corrected chi connectivity index (χ4v) is 3.39. The summed E-state index contributed by atoms with van der Waals surface area (Å²) >= 11 is 0. The highest BCUT2D eigenvalue weighted by Crippen LogP contribution is 2.58. The highest BCUT2D eigenvalue weighted by molar-refractivity contribution is 5.83. The van der Waals surface area contributed by atoms with Gasteiger partial charge in [-0.3, -0.25) is 9.78 Å². The summed E-state index contributed by atoms with van der Waals surface area (Å²) in [5.74, 6) is 0.147. The molecule has 1 aliphatic heterocycles. The monoisotopic (exact) mass is 316 g/mol. The number of amides is 3. The largest absolute Gasteiger partial charge is 0.352 e. The van der Waals surface area contributed by atoms with Gasteiger partial charge in [-0.05, 0) is 44.4 Å². The minimum Gasteiger partial charge on any atom is -0.352 e. The van der Waals surface area contributed by atoms with Crippen molar-refractivity contribution in [1.82, 2.24) is 20.5 Å². The fourth-order valence-electron chi connectivity index (χ4n) is 3.39. The van der Waals surface area contributed by atoms with Crippen molar-refractivity contribution in [3.63, 3.8) is 0 Å². The lowest BCUT2D eigenvalue weighted by atomic mass is 10.0. The molecule has 0 bridgehead atoms. The Hall–Kier alpha value is -2.11. The molecule has 0 radical (unpaired) electrons. The van der Waals surface area contributed by atoms with Crippen molar-refractivity contribution < 1.29 is 9.59 Å². The van der Waals surface area contributed by atoms with Gasteiger partial charge in [0.2, 0.25) is 5.91 Å². The van der Waals surface area contributed by atoms with E-state index >= 15 is 0 Å². The number of likely N-dealkylation sites (tertiary alicyclic amines) is 1. The summed E-state index contributed by atoms with van der Waals surface area (Å²) in [5.41, 5.74) is 1.06. The predicted molar refractivity (Wildman–Crippen MR) is 86.5 cm³/mol. The van der Waals surface area contributed by atoms with Gasteiger partial charge in [-0.2, -0.15) is 0 Å². The van der Waals surface area contributed by atoms with E-state index in [0.717, 1.165) is 24.9 Å². The van der Waals surface area contributed by atoms with Crippen molar-refractivity contribution >= 4 is 11.9 Å². The van der Waals surface area contributed by atoms with Crippen LogP contribution in [0.15, 0.2) is 24.5 Å². The van der Waals surface area contributed by atoms with E-state index in [2.05, 4.69) is 15.6 Å². The second-order valence-corrected chi connectivity index (χ2v) is 6.97. The molecule has 1 aromatic rings. The van der Waals surface area contributed by atoms with Crippen molar-refractivity contribution in [2.75, 3.05) is 13.1 Å². The van der Waals surface area contributed by atoms with E-state index in [1.165, 1.54) is 0 Å². The third-order valence-corrected chi connectivity index (χ3v) is 4.81. The minimum atomic E-state index is -0.0141. The number of carbonyl (C=O) groups is 2. The molecule has 0 aromatic carbocycles. The van der Waals surface area contributed by atoms with Crippen molar-refractivity contribution in [2.24, 2.45) is 11.3 Å². The fraction of sp³-hybridized carbons (Fsp3) is 0.588. The quantitative estimate of drug-likeness (QED) is 0.884. The van der Waals surface area contributed by atoms with Gasteiger partial charge in [0.1, 0.15) is 0 Å². The maximum absolute atomic E-state index is 12.3. The van der Waals surface area contributed by atoms with Gasteiger partial charge < -0.3 is 15.5 Å². The van der Waals surface area contributed by atoms with Gasteiger partial charge in [-0.15, -0.1) is 0 Å². The van der Waals surface area contributed by atoms with Crippen LogP contribution in [-0.4, -0.2) is 41.0 Å². The number of carbonyl (C=O) groups excluding carboxylic acids is 2. The first-order chi connectivity index (χ1) is 11.0. The SMILES string of the molecule is CC(C)NC(=O)N1CCC2(CC2C(=O)NCc2ccncc2)C1. The highest BCUT2D eigenvalue weighted by atomic mass is 16.2. The van der Waals surface area contributed by atoms with E-state index in [-0.39, 0.29) is 29.3 Å². The summed E-state index contributed by atoms with van der Waals surface area (Å²) < 4.78 is 0. The molecule has 2 atom stereocenters. The Morgan fingerprint density at radius 1 is 1.39 bits per heavy atom. The summed E-state index contributed by atoms with van der Waals surface area (Å²) in [4.78, 5) is 30.2. The van der Waals surface area contributed by atoms with Crippen molar-refractivity contribution in [2.45, 2.75) is 39.3 Å². The number of aromatic nitrogens is 1. The molecular weight excluding hydrogens is 292 g/mol. The van der Waals surface area contributed by atoms with Gasteiger partial charge in [0.05, 0.1) is 0 Å². The molecule has 2 N–H and O–H groups in total. The third-order valence-electron chi connectivity index (χ3n) is 4.81. The Bertz CT molecular complexity index is 590. The lowest BCUT2D eigenvalue weighted by Crippen LogP contribution is -2.42. The summed E-state index contributed by atoms with van der Waals surface area (Å²) in [6.45, 7) is 5.88. The van der Waals surface area contributed by atoms with Crippen molar-refractivity contribution in [3.05, 3.63) is 30.1 Å². The molecule has 3 amide bonds. The standard InChI is InChI=1S/C17H24N4O2/c1-12(2)20-16(23)21-8-5-17(11-21)9-14(17)15(22)19-10-13-3-6-18-7-4-13/h3-4,6-7,12,14H,5,8-11H2,1-2H3,(H,19,22)(H,20,23). The molecule has 124 valence electrons. The molecule has 6 heteroatoms. The number of nitrogens with one attached hydrogen (secondary N) is 2. The number of pyridine rings is 1. The van der Waals surface area contributed by atoms with Crippen LogP contribution in [0.3, 0.4) is 0 Å². The molecule has 1 aromatic heterocycles. The zero-order valence-corrected chi connectivity index (χ0v) is 13.7. The van der Waals surface area contributed by atoms with Crippen LogP contribution < -0.4 is 10.6 Å².